The third-order valence-corrected chi connectivity index (χ3v) is 16.2. The van der Waals surface area contributed by atoms with Crippen molar-refractivity contribution in [1.29, 1.82) is 0 Å². The van der Waals surface area contributed by atoms with Crippen LogP contribution in [0.4, 0.5) is 0 Å². The summed E-state index contributed by atoms with van der Waals surface area (Å²) in [5, 5.41) is 1.16. The maximum atomic E-state index is 7.00. The summed E-state index contributed by atoms with van der Waals surface area (Å²) in [5.41, 5.74) is 15.8. The van der Waals surface area contributed by atoms with Gasteiger partial charge in [0.05, 0.1) is 0 Å². The molecule has 394 valence electrons. The third kappa shape index (κ3) is 21.1. The SMILES string of the molecule is CC.CC.CC.CC.CC.CC.CC.CC.CCN(CC)CC.O=O.Sc1ccc2c(c1[C@H]1c3ccccc3CC[C@H]1S)CCCC2.c1ccc2c(c1)CC[C@H]1SSc3ccc4c(c3[C@@H]21)CCCC4. The highest BCUT2D eigenvalue weighted by atomic mass is 33.1. The van der Waals surface area contributed by atoms with Crippen LogP contribution < -0.4 is 0 Å². The molecule has 1 aliphatic heterocycles. The molecule has 0 unspecified atom stereocenters. The molecule has 0 N–H and O–H groups in total. The lowest BCUT2D eigenvalue weighted by molar-refractivity contribution is 0.321. The second-order valence-corrected chi connectivity index (χ2v) is 18.6. The predicted octanol–water partition coefficient (Wildman–Crippen LogP) is 20.6. The molecular weight excluding hydrogens is 919 g/mol. The molecule has 5 aliphatic rings. The summed E-state index contributed by atoms with van der Waals surface area (Å²) in [7, 11) is 4.16. The molecule has 4 atom stereocenters. The first kappa shape index (κ1) is 71.1. The lowest BCUT2D eigenvalue weighted by Gasteiger charge is -2.39. The summed E-state index contributed by atoms with van der Waals surface area (Å²) in [6.07, 6.45) is 15.3. The Balaban J connectivity index is -0.000000869. The summed E-state index contributed by atoms with van der Waals surface area (Å²) in [6.45, 7) is 42.1. The predicted molar refractivity (Wildman–Crippen MR) is 328 cm³/mol. The van der Waals surface area contributed by atoms with Gasteiger partial charge in [0.25, 0.3) is 0 Å². The number of nitrogens with zero attached hydrogens (tertiary/aromatic N) is 1. The molecule has 69 heavy (non-hydrogen) atoms. The van der Waals surface area contributed by atoms with E-state index in [4.69, 9.17) is 35.2 Å². The zero-order valence-corrected chi connectivity index (χ0v) is 51.2. The van der Waals surface area contributed by atoms with Crippen LogP contribution >= 0.6 is 46.8 Å². The molecule has 0 fully saturated rings. The van der Waals surface area contributed by atoms with Gasteiger partial charge in [-0.2, -0.15) is 12.6 Å². The fourth-order valence-electron chi connectivity index (χ4n) is 9.49. The van der Waals surface area contributed by atoms with Crippen LogP contribution in [0, 0.1) is 9.93 Å². The number of aryl methyl sites for hydroxylation is 4. The summed E-state index contributed by atoms with van der Waals surface area (Å²) in [5.74, 6) is 1.04. The Kier molecular flexibility index (Phi) is 47.1. The fraction of sp³-hybridized carbons (Fsp3) is 0.613. The van der Waals surface area contributed by atoms with Gasteiger partial charge >= 0.3 is 0 Å². The third-order valence-electron chi connectivity index (χ3n) is 12.3. The zero-order valence-electron chi connectivity index (χ0n) is 47.8. The molecule has 0 amide bonds. The average Bonchev–Trinajstić information content (AvgIpc) is 3.46. The van der Waals surface area contributed by atoms with Crippen LogP contribution in [0.15, 0.2) is 82.6 Å². The minimum absolute atomic E-state index is 0.397. The van der Waals surface area contributed by atoms with E-state index in [1.807, 2.05) is 122 Å². The first-order valence-corrected chi connectivity index (χ1v) is 31.2. The number of fused-ring (bicyclic) bond motifs is 9. The van der Waals surface area contributed by atoms with E-state index in [2.05, 4.69) is 109 Å². The van der Waals surface area contributed by atoms with Crippen molar-refractivity contribution in [2.45, 2.75) is 241 Å². The van der Waals surface area contributed by atoms with Crippen LogP contribution in [0.3, 0.4) is 0 Å². The van der Waals surface area contributed by atoms with Crippen molar-refractivity contribution >= 4 is 46.8 Å². The maximum absolute atomic E-state index is 7.00. The lowest BCUT2D eigenvalue weighted by Crippen LogP contribution is -2.27. The quantitative estimate of drug-likeness (QED) is 0.157. The number of benzene rings is 4. The van der Waals surface area contributed by atoms with Crippen LogP contribution in [0.25, 0.3) is 0 Å². The normalized spacial score (nSPS) is 17.5. The van der Waals surface area contributed by atoms with E-state index in [1.54, 1.807) is 43.8 Å². The van der Waals surface area contributed by atoms with E-state index < -0.39 is 0 Å². The lowest BCUT2D eigenvalue weighted by atomic mass is 9.74. The average molecular weight is 1020 g/mol. The van der Waals surface area contributed by atoms with E-state index >= 15 is 0 Å². The van der Waals surface area contributed by atoms with Gasteiger partial charge in [0.1, 0.15) is 0 Å². The summed E-state index contributed by atoms with van der Waals surface area (Å²) in [6, 6.07) is 27.5. The Hall–Kier alpha value is -2.16. The van der Waals surface area contributed by atoms with Crippen LogP contribution in [-0.4, -0.2) is 35.0 Å². The van der Waals surface area contributed by atoms with Crippen molar-refractivity contribution < 1.29 is 0 Å². The Morgan fingerprint density at radius 1 is 0.478 bits per heavy atom. The van der Waals surface area contributed by atoms with Crippen molar-refractivity contribution in [3.8, 4) is 0 Å². The Morgan fingerprint density at radius 3 is 1.35 bits per heavy atom. The van der Waals surface area contributed by atoms with Crippen LogP contribution in [0.1, 0.15) is 238 Å². The van der Waals surface area contributed by atoms with Gasteiger partial charge in [0.2, 0.25) is 0 Å². The van der Waals surface area contributed by atoms with Crippen LogP contribution in [0.2, 0.25) is 0 Å². The van der Waals surface area contributed by atoms with Crippen molar-refractivity contribution in [2.24, 2.45) is 0 Å². The van der Waals surface area contributed by atoms with Gasteiger partial charge in [-0.25, -0.2) is 0 Å². The van der Waals surface area contributed by atoms with Gasteiger partial charge in [-0.05, 0) is 164 Å². The topological polar surface area (TPSA) is 37.4 Å². The van der Waals surface area contributed by atoms with E-state index in [-0.39, 0.29) is 0 Å². The number of rotatable bonds is 4. The number of thiol groups is 2. The van der Waals surface area contributed by atoms with Crippen LogP contribution in [-0.2, 0) is 38.5 Å². The molecular formula is C62H105NO2S4. The molecule has 7 heteroatoms. The van der Waals surface area contributed by atoms with E-state index in [0.29, 0.717) is 17.1 Å². The molecule has 0 aromatic heterocycles. The van der Waals surface area contributed by atoms with E-state index in [1.165, 1.54) is 101 Å². The zero-order chi connectivity index (χ0) is 53.3. The molecule has 0 saturated heterocycles. The molecule has 0 radical (unpaired) electrons. The molecule has 9 rings (SSSR count). The van der Waals surface area contributed by atoms with Crippen molar-refractivity contribution in [3.05, 3.63) is 138 Å². The van der Waals surface area contributed by atoms with E-state index in [9.17, 15) is 0 Å². The monoisotopic (exact) mass is 1020 g/mol. The van der Waals surface area contributed by atoms with Gasteiger partial charge in [-0.1, -0.05) is 214 Å². The van der Waals surface area contributed by atoms with Crippen molar-refractivity contribution in [1.82, 2.24) is 4.90 Å². The summed E-state index contributed by atoms with van der Waals surface area (Å²) < 4.78 is 0. The molecule has 4 aromatic rings. The minimum atomic E-state index is 0.397. The second kappa shape index (κ2) is 45.7. The highest BCUT2D eigenvalue weighted by Gasteiger charge is 2.38. The van der Waals surface area contributed by atoms with E-state index in [0.717, 1.165) is 23.0 Å². The summed E-state index contributed by atoms with van der Waals surface area (Å²) >= 11 is 9.81. The minimum Gasteiger partial charge on any atom is -0.304 e. The van der Waals surface area contributed by atoms with Gasteiger partial charge in [0, 0.05) is 42.1 Å². The highest BCUT2D eigenvalue weighted by molar-refractivity contribution is 8.77. The molecule has 0 spiro atoms. The molecule has 0 saturated carbocycles. The second-order valence-electron chi connectivity index (χ2n) is 15.0. The molecule has 1 heterocycles. The smallest absolute Gasteiger partial charge is 0.0268 e. The first-order valence-electron chi connectivity index (χ1n) is 28.1. The maximum Gasteiger partial charge on any atom is 0.0268 e. The molecule has 0 bridgehead atoms. The number of hydrogen-bond acceptors (Lipinski definition) is 7. The summed E-state index contributed by atoms with van der Waals surface area (Å²) in [4.78, 5) is 19.1. The van der Waals surface area contributed by atoms with Crippen LogP contribution in [0.5, 0.6) is 0 Å². The van der Waals surface area contributed by atoms with Gasteiger partial charge in [-0.3, -0.25) is 0 Å². The Bertz CT molecular complexity index is 1780. The fourth-order valence-corrected chi connectivity index (χ4v) is 13.3. The first-order chi connectivity index (χ1) is 34.0. The Labute approximate surface area is 447 Å². The molecule has 4 aliphatic carbocycles. The van der Waals surface area contributed by atoms with Gasteiger partial charge in [0.15, 0.2) is 0 Å². The van der Waals surface area contributed by atoms with Crippen molar-refractivity contribution in [2.75, 3.05) is 19.6 Å². The van der Waals surface area contributed by atoms with Gasteiger partial charge < -0.3 is 4.90 Å². The highest BCUT2D eigenvalue weighted by Crippen LogP contribution is 2.57. The van der Waals surface area contributed by atoms with Crippen molar-refractivity contribution in [3.63, 3.8) is 0 Å². The number of hydrogen-bond donors (Lipinski definition) is 2. The largest absolute Gasteiger partial charge is 0.304 e. The molecule has 4 aromatic carbocycles. The Morgan fingerprint density at radius 2 is 0.884 bits per heavy atom. The van der Waals surface area contributed by atoms with Gasteiger partial charge in [-0.15, -0.1) is 12.6 Å². The standard InChI is InChI=1S/C20H20S2.C20H22S2.C6H15N.8C2H6.O2/c1-3-7-15-13(5-1)9-11-17-19(15)20-16-8-4-2-6-14(16)10-12-18(20)22-21-17;21-17-11-9-13-5-1-3-7-15(13)19(17)20-16-8-4-2-6-14(16)10-12-18(20)22;1-4-7(5-2)6-3;9*1-2/h1,3,5,7,10,12,17,19H,2,4,6,8-9,11H2;1,3,5,7,10,12,17,19,21-22H,2,4,6,8-9,11H2;4-6H2,1-3H3;8*1-2H3;/t2*17-,19+;;;;;;;;;;/m11........../s1. The molecule has 3 nitrogen and oxygen atoms in total.